The van der Waals surface area contributed by atoms with Gasteiger partial charge in [0, 0.05) is 25.9 Å². The number of hydrogen-bond acceptors (Lipinski definition) is 2. The lowest BCUT2D eigenvalue weighted by molar-refractivity contribution is -0.133. The Labute approximate surface area is 276 Å². The fourth-order valence-corrected chi connectivity index (χ4v) is 6.45. The van der Waals surface area contributed by atoms with E-state index in [9.17, 15) is 9.59 Å². The zero-order valence-corrected chi connectivity index (χ0v) is 30.3. The van der Waals surface area contributed by atoms with Crippen molar-refractivity contribution in [3.8, 4) is 0 Å². The second kappa shape index (κ2) is 36.4. The molecule has 0 spiro atoms. The summed E-state index contributed by atoms with van der Waals surface area (Å²) >= 11 is 0. The summed E-state index contributed by atoms with van der Waals surface area (Å²) in [6.07, 6.45) is 44.0. The van der Waals surface area contributed by atoms with Gasteiger partial charge in [-0.2, -0.15) is 0 Å². The predicted octanol–water partition coefficient (Wildman–Crippen LogP) is 12.6. The molecule has 2 amide bonds. The van der Waals surface area contributed by atoms with Crippen LogP contribution < -0.4 is 5.73 Å². The first kappa shape index (κ1) is 42.9. The van der Waals surface area contributed by atoms with Crippen LogP contribution in [0.3, 0.4) is 0 Å². The highest BCUT2D eigenvalue weighted by molar-refractivity contribution is 5.82. The molecule has 0 heterocycles. The van der Waals surface area contributed by atoms with Gasteiger partial charge in [-0.1, -0.05) is 206 Å². The second-order valence-corrected chi connectivity index (χ2v) is 14.0. The van der Waals surface area contributed by atoms with E-state index in [1.807, 2.05) is 4.90 Å². The maximum absolute atomic E-state index is 12.7. The number of rotatable bonds is 37. The summed E-state index contributed by atoms with van der Waals surface area (Å²) in [5.74, 6) is -0.256. The van der Waals surface area contributed by atoms with Crippen LogP contribution in [-0.4, -0.2) is 29.8 Å². The van der Waals surface area contributed by atoms with Crippen molar-refractivity contribution >= 4 is 11.8 Å². The first-order chi connectivity index (χ1) is 21.6. The smallest absolute Gasteiger partial charge is 0.223 e. The molecule has 0 aliphatic rings. The number of carbonyl (C=O) groups excluding carboxylic acids is 2. The summed E-state index contributed by atoms with van der Waals surface area (Å²) in [6.45, 7) is 6.26. The molecule has 0 aromatic rings. The molecular formula is C40H80N2O2. The van der Waals surface area contributed by atoms with Crippen molar-refractivity contribution in [1.29, 1.82) is 0 Å². The lowest BCUT2D eigenvalue weighted by atomic mass is 10.0. The summed E-state index contributed by atoms with van der Waals surface area (Å²) in [5, 5.41) is 0. The highest BCUT2D eigenvalue weighted by Gasteiger charge is 2.13. The number of nitrogens with zero attached hydrogens (tertiary/aromatic N) is 1. The molecule has 0 aromatic carbocycles. The van der Waals surface area contributed by atoms with Gasteiger partial charge in [-0.25, -0.2) is 0 Å². The quantitative estimate of drug-likeness (QED) is 0.0702. The van der Waals surface area contributed by atoms with Crippen molar-refractivity contribution in [1.82, 2.24) is 4.90 Å². The van der Waals surface area contributed by atoms with E-state index in [0.29, 0.717) is 0 Å². The van der Waals surface area contributed by atoms with Crippen molar-refractivity contribution in [2.75, 3.05) is 13.1 Å². The highest BCUT2D eigenvalue weighted by atomic mass is 16.2. The van der Waals surface area contributed by atoms with E-state index in [1.54, 1.807) is 0 Å². The molecule has 4 heteroatoms. The third-order valence-corrected chi connectivity index (χ3v) is 9.50. The molecule has 0 unspecified atom stereocenters. The van der Waals surface area contributed by atoms with Crippen LogP contribution in [0.1, 0.15) is 232 Å². The van der Waals surface area contributed by atoms with Gasteiger partial charge in [0.1, 0.15) is 0 Å². The molecule has 2 N–H and O–H groups in total. The van der Waals surface area contributed by atoms with Crippen LogP contribution in [0, 0.1) is 0 Å². The van der Waals surface area contributed by atoms with Gasteiger partial charge in [-0.05, 0) is 12.8 Å². The van der Waals surface area contributed by atoms with Crippen LogP contribution in [0.2, 0.25) is 0 Å². The summed E-state index contributed by atoms with van der Waals surface area (Å²) in [4.78, 5) is 26.0. The molecule has 0 rings (SSSR count). The van der Waals surface area contributed by atoms with Gasteiger partial charge in [0.15, 0.2) is 0 Å². The van der Waals surface area contributed by atoms with Crippen LogP contribution >= 0.6 is 0 Å². The van der Waals surface area contributed by atoms with E-state index in [4.69, 9.17) is 5.73 Å². The summed E-state index contributed by atoms with van der Waals surface area (Å²) < 4.78 is 0. The molecule has 0 aliphatic heterocycles. The topological polar surface area (TPSA) is 63.4 Å². The monoisotopic (exact) mass is 621 g/mol. The fourth-order valence-electron chi connectivity index (χ4n) is 6.45. The largest absolute Gasteiger partial charge is 0.370 e. The van der Waals surface area contributed by atoms with Gasteiger partial charge in [-0.15, -0.1) is 0 Å². The van der Waals surface area contributed by atoms with Gasteiger partial charge in [0.25, 0.3) is 0 Å². The standard InChI is InChI=1S/C40H80N2O2/c1-3-5-7-9-11-13-15-17-19-21-23-25-27-29-31-33-37-42(40(44)36-35-39(41)43)38-34-32-30-28-26-24-22-20-18-16-14-12-10-8-6-4-2/h3-38H2,1-2H3,(H2,41,43). The molecule has 4 nitrogen and oxygen atoms in total. The Bertz CT molecular complexity index is 558. The van der Waals surface area contributed by atoms with Crippen LogP contribution in [-0.2, 0) is 9.59 Å². The minimum absolute atomic E-state index is 0.116. The van der Waals surface area contributed by atoms with Gasteiger partial charge in [-0.3, -0.25) is 9.59 Å². The predicted molar refractivity (Wildman–Crippen MR) is 194 cm³/mol. The van der Waals surface area contributed by atoms with E-state index < -0.39 is 0 Å². The Morgan fingerprint density at radius 2 is 0.591 bits per heavy atom. The fraction of sp³-hybridized carbons (Fsp3) is 0.950. The van der Waals surface area contributed by atoms with Crippen molar-refractivity contribution in [2.45, 2.75) is 232 Å². The number of nitrogens with two attached hydrogens (primary N) is 1. The lowest BCUT2D eigenvalue weighted by Gasteiger charge is -2.23. The van der Waals surface area contributed by atoms with Gasteiger partial charge < -0.3 is 10.6 Å². The molecule has 262 valence electrons. The Kier molecular flexibility index (Phi) is 35.5. The molecule has 0 atom stereocenters. The van der Waals surface area contributed by atoms with E-state index in [1.165, 1.54) is 193 Å². The molecule has 44 heavy (non-hydrogen) atoms. The minimum Gasteiger partial charge on any atom is -0.370 e. The zero-order valence-electron chi connectivity index (χ0n) is 30.3. The normalized spacial score (nSPS) is 11.3. The lowest BCUT2D eigenvalue weighted by Crippen LogP contribution is -2.33. The Morgan fingerprint density at radius 3 is 0.818 bits per heavy atom. The SMILES string of the molecule is CCCCCCCCCCCCCCCCCCN(CCCCCCCCCCCCCCCCCC)C(=O)CCC(N)=O. The third kappa shape index (κ3) is 33.8. The summed E-state index contributed by atoms with van der Waals surface area (Å²) in [6, 6.07) is 0. The number of amides is 2. The summed E-state index contributed by atoms with van der Waals surface area (Å²) in [7, 11) is 0. The number of primary amides is 1. The number of carbonyl (C=O) groups is 2. The van der Waals surface area contributed by atoms with Crippen LogP contribution in [0.25, 0.3) is 0 Å². The van der Waals surface area contributed by atoms with Gasteiger partial charge in [0.2, 0.25) is 11.8 Å². The van der Waals surface area contributed by atoms with Crippen molar-refractivity contribution < 1.29 is 9.59 Å². The number of hydrogen-bond donors (Lipinski definition) is 1. The molecule has 0 saturated heterocycles. The van der Waals surface area contributed by atoms with Crippen LogP contribution in [0.15, 0.2) is 0 Å². The Morgan fingerprint density at radius 1 is 0.364 bits per heavy atom. The molecule has 0 fully saturated rings. The average molecular weight is 621 g/mol. The van der Waals surface area contributed by atoms with Crippen LogP contribution in [0.5, 0.6) is 0 Å². The molecule has 0 aromatic heterocycles. The average Bonchev–Trinajstić information content (AvgIpc) is 3.02. The maximum atomic E-state index is 12.7. The minimum atomic E-state index is -0.372. The van der Waals surface area contributed by atoms with Crippen molar-refractivity contribution in [2.24, 2.45) is 5.73 Å². The Hall–Kier alpha value is -1.06. The van der Waals surface area contributed by atoms with Crippen LogP contribution in [0.4, 0.5) is 0 Å². The molecule has 0 bridgehead atoms. The molecule has 0 aliphatic carbocycles. The summed E-state index contributed by atoms with van der Waals surface area (Å²) in [5.41, 5.74) is 5.31. The van der Waals surface area contributed by atoms with Gasteiger partial charge in [0.05, 0.1) is 0 Å². The second-order valence-electron chi connectivity index (χ2n) is 14.0. The van der Waals surface area contributed by atoms with E-state index >= 15 is 0 Å². The van der Waals surface area contributed by atoms with Crippen molar-refractivity contribution in [3.05, 3.63) is 0 Å². The van der Waals surface area contributed by atoms with Crippen molar-refractivity contribution in [3.63, 3.8) is 0 Å². The Balaban J connectivity index is 3.75. The van der Waals surface area contributed by atoms with E-state index in [2.05, 4.69) is 13.8 Å². The zero-order chi connectivity index (χ0) is 32.2. The first-order valence-corrected chi connectivity index (χ1v) is 20.2. The third-order valence-electron chi connectivity index (χ3n) is 9.50. The molecule has 0 radical (unpaired) electrons. The maximum Gasteiger partial charge on any atom is 0.223 e. The molecular weight excluding hydrogens is 540 g/mol. The van der Waals surface area contributed by atoms with E-state index in [0.717, 1.165) is 25.9 Å². The first-order valence-electron chi connectivity index (χ1n) is 20.2. The highest BCUT2D eigenvalue weighted by Crippen LogP contribution is 2.16. The molecule has 0 saturated carbocycles. The van der Waals surface area contributed by atoms with E-state index in [-0.39, 0.29) is 24.7 Å². The number of unbranched alkanes of at least 4 members (excludes halogenated alkanes) is 30. The van der Waals surface area contributed by atoms with Gasteiger partial charge >= 0.3 is 0 Å².